The quantitative estimate of drug-likeness (QED) is 0.610. The van der Waals surface area contributed by atoms with E-state index in [4.69, 9.17) is 4.74 Å². The Bertz CT molecular complexity index is 1010. The zero-order valence-electron chi connectivity index (χ0n) is 17.0. The summed E-state index contributed by atoms with van der Waals surface area (Å²) in [6, 6.07) is 28.3. The van der Waals surface area contributed by atoms with Crippen molar-refractivity contribution in [1.82, 2.24) is 4.90 Å². The van der Waals surface area contributed by atoms with Crippen LogP contribution < -0.4 is 9.64 Å². The second-order valence-electron chi connectivity index (χ2n) is 8.26. The van der Waals surface area contributed by atoms with E-state index in [1.54, 1.807) is 0 Å². The van der Waals surface area contributed by atoms with E-state index in [0.717, 1.165) is 49.6 Å². The van der Waals surface area contributed by atoms with Crippen LogP contribution in [0.2, 0.25) is 0 Å². The maximum Gasteiger partial charge on any atom is 0.235 e. The molecule has 4 heteroatoms. The average molecular weight is 399 g/mol. The van der Waals surface area contributed by atoms with Gasteiger partial charge in [0.2, 0.25) is 5.91 Å². The van der Waals surface area contributed by atoms with E-state index in [-0.39, 0.29) is 5.91 Å². The number of carbonyl (C=O) groups excluding carboxylic acids is 1. The molecular weight excluding hydrogens is 372 g/mol. The lowest BCUT2D eigenvalue weighted by Gasteiger charge is -2.40. The third-order valence-electron chi connectivity index (χ3n) is 6.19. The summed E-state index contributed by atoms with van der Waals surface area (Å²) in [6.07, 6.45) is 2.10. The second kappa shape index (κ2) is 7.96. The van der Waals surface area contributed by atoms with E-state index >= 15 is 0 Å². The van der Waals surface area contributed by atoms with Gasteiger partial charge in [-0.25, -0.2) is 0 Å². The first-order valence-electron chi connectivity index (χ1n) is 10.6. The van der Waals surface area contributed by atoms with E-state index in [1.165, 1.54) is 5.56 Å². The lowest BCUT2D eigenvalue weighted by atomic mass is 9.87. The molecule has 0 saturated carbocycles. The van der Waals surface area contributed by atoms with Crippen molar-refractivity contribution in [2.24, 2.45) is 0 Å². The van der Waals surface area contributed by atoms with Gasteiger partial charge in [-0.3, -0.25) is 14.6 Å². The number of likely N-dealkylation sites (tertiary alicyclic amines) is 1. The fraction of sp³-hybridized carbons (Fsp3) is 0.269. The summed E-state index contributed by atoms with van der Waals surface area (Å²) in [5.41, 5.74) is 2.60. The first-order chi connectivity index (χ1) is 14.7. The summed E-state index contributed by atoms with van der Waals surface area (Å²) in [5, 5.41) is 0. The van der Waals surface area contributed by atoms with Gasteiger partial charge >= 0.3 is 0 Å². The molecule has 0 atom stereocenters. The molecule has 2 aliphatic heterocycles. The van der Waals surface area contributed by atoms with Gasteiger partial charge in [-0.15, -0.1) is 0 Å². The van der Waals surface area contributed by atoms with E-state index in [2.05, 4.69) is 35.2 Å². The van der Waals surface area contributed by atoms with Crippen molar-refractivity contribution in [1.29, 1.82) is 0 Å². The molecule has 2 aliphatic rings. The Balaban J connectivity index is 1.39. The molecule has 0 N–H and O–H groups in total. The highest BCUT2D eigenvalue weighted by atomic mass is 16.5. The third-order valence-corrected chi connectivity index (χ3v) is 6.19. The first kappa shape index (κ1) is 18.9. The Labute approximate surface area is 177 Å². The van der Waals surface area contributed by atoms with Gasteiger partial charge in [-0.1, -0.05) is 60.7 Å². The Morgan fingerprint density at radius 1 is 0.800 bits per heavy atom. The molecule has 0 aromatic heterocycles. The minimum Gasteiger partial charge on any atom is -0.484 e. The van der Waals surface area contributed by atoms with Crippen molar-refractivity contribution in [2.75, 3.05) is 18.0 Å². The number of benzene rings is 3. The number of anilines is 2. The minimum absolute atomic E-state index is 0.0997. The van der Waals surface area contributed by atoms with Crippen LogP contribution in [-0.2, 0) is 11.3 Å². The molecule has 1 spiro atoms. The highest BCUT2D eigenvalue weighted by Gasteiger charge is 2.43. The standard InChI is InChI=1S/C26H26N2O2/c29-25-19-26(15-17-27(18-16-26)20-21-9-3-1-4-10-21)30-24-14-8-7-13-23(24)28(25)22-11-5-2-6-12-22/h1-14H,15-20H2. The molecule has 3 aromatic rings. The lowest BCUT2D eigenvalue weighted by Crippen LogP contribution is -2.49. The predicted octanol–water partition coefficient (Wildman–Crippen LogP) is 5.17. The van der Waals surface area contributed by atoms with E-state index < -0.39 is 5.60 Å². The van der Waals surface area contributed by atoms with Crippen LogP contribution in [0.25, 0.3) is 0 Å². The average Bonchev–Trinajstić information content (AvgIpc) is 2.90. The summed E-state index contributed by atoms with van der Waals surface area (Å²) < 4.78 is 6.62. The summed E-state index contributed by atoms with van der Waals surface area (Å²) in [4.78, 5) is 17.7. The van der Waals surface area contributed by atoms with Crippen LogP contribution >= 0.6 is 0 Å². The number of carbonyl (C=O) groups is 1. The fourth-order valence-electron chi connectivity index (χ4n) is 4.59. The van der Waals surface area contributed by atoms with Crippen LogP contribution in [0.4, 0.5) is 11.4 Å². The molecule has 2 heterocycles. The van der Waals surface area contributed by atoms with Crippen LogP contribution in [0.3, 0.4) is 0 Å². The molecular formula is C26H26N2O2. The van der Waals surface area contributed by atoms with Gasteiger partial charge < -0.3 is 4.74 Å². The van der Waals surface area contributed by atoms with Crippen molar-refractivity contribution < 1.29 is 9.53 Å². The number of hydrogen-bond acceptors (Lipinski definition) is 3. The molecule has 152 valence electrons. The van der Waals surface area contributed by atoms with Gasteiger partial charge in [-0.2, -0.15) is 0 Å². The number of fused-ring (bicyclic) bond motifs is 1. The Kier molecular flexibility index (Phi) is 5.01. The van der Waals surface area contributed by atoms with Crippen molar-refractivity contribution >= 4 is 17.3 Å². The van der Waals surface area contributed by atoms with Gasteiger partial charge in [0.05, 0.1) is 12.1 Å². The Morgan fingerprint density at radius 3 is 2.17 bits per heavy atom. The van der Waals surface area contributed by atoms with Crippen molar-refractivity contribution in [3.8, 4) is 5.75 Å². The second-order valence-corrected chi connectivity index (χ2v) is 8.26. The van der Waals surface area contributed by atoms with Crippen molar-refractivity contribution in [3.63, 3.8) is 0 Å². The molecule has 0 aliphatic carbocycles. The number of nitrogens with zero attached hydrogens (tertiary/aromatic N) is 2. The minimum atomic E-state index is -0.441. The monoisotopic (exact) mass is 398 g/mol. The van der Waals surface area contributed by atoms with E-state index in [1.807, 2.05) is 59.5 Å². The normalized spacial score (nSPS) is 18.5. The Morgan fingerprint density at radius 2 is 1.43 bits per heavy atom. The molecule has 1 saturated heterocycles. The third kappa shape index (κ3) is 3.71. The molecule has 0 radical (unpaired) electrons. The summed E-state index contributed by atoms with van der Waals surface area (Å²) in [5.74, 6) is 0.895. The SMILES string of the molecule is O=C1CC2(CCN(Cc3ccccc3)CC2)Oc2ccccc2N1c1ccccc1. The van der Waals surface area contributed by atoms with Crippen molar-refractivity contribution in [3.05, 3.63) is 90.5 Å². The van der Waals surface area contributed by atoms with Crippen LogP contribution in [0, 0.1) is 0 Å². The van der Waals surface area contributed by atoms with Gasteiger partial charge in [-0.05, 0) is 29.8 Å². The largest absolute Gasteiger partial charge is 0.484 e. The van der Waals surface area contributed by atoms with E-state index in [0.29, 0.717) is 6.42 Å². The van der Waals surface area contributed by atoms with Gasteiger partial charge in [0.15, 0.2) is 0 Å². The molecule has 0 bridgehead atoms. The lowest BCUT2D eigenvalue weighted by molar-refractivity contribution is -0.122. The fourth-order valence-corrected chi connectivity index (χ4v) is 4.59. The van der Waals surface area contributed by atoms with Gasteiger partial charge in [0.25, 0.3) is 0 Å². The van der Waals surface area contributed by atoms with Gasteiger partial charge in [0, 0.05) is 38.2 Å². The number of para-hydroxylation sites is 3. The first-order valence-corrected chi connectivity index (χ1v) is 10.6. The molecule has 0 unspecified atom stereocenters. The summed E-state index contributed by atoms with van der Waals surface area (Å²) >= 11 is 0. The highest BCUT2D eigenvalue weighted by Crippen LogP contribution is 2.43. The summed E-state index contributed by atoms with van der Waals surface area (Å²) in [7, 11) is 0. The van der Waals surface area contributed by atoms with Crippen LogP contribution in [0.15, 0.2) is 84.9 Å². The number of hydrogen-bond donors (Lipinski definition) is 0. The van der Waals surface area contributed by atoms with E-state index in [9.17, 15) is 4.79 Å². The van der Waals surface area contributed by atoms with Crippen LogP contribution in [0.1, 0.15) is 24.8 Å². The topological polar surface area (TPSA) is 32.8 Å². The maximum atomic E-state index is 13.5. The molecule has 4 nitrogen and oxygen atoms in total. The molecule has 3 aromatic carbocycles. The highest BCUT2D eigenvalue weighted by molar-refractivity contribution is 6.03. The van der Waals surface area contributed by atoms with Crippen LogP contribution in [0.5, 0.6) is 5.75 Å². The smallest absolute Gasteiger partial charge is 0.235 e. The molecule has 5 rings (SSSR count). The zero-order valence-corrected chi connectivity index (χ0v) is 17.0. The number of amides is 1. The maximum absolute atomic E-state index is 13.5. The number of ether oxygens (including phenoxy) is 1. The van der Waals surface area contributed by atoms with Gasteiger partial charge in [0.1, 0.15) is 11.4 Å². The number of piperidine rings is 1. The zero-order chi connectivity index (χ0) is 20.4. The predicted molar refractivity (Wildman–Crippen MR) is 119 cm³/mol. The Hall–Kier alpha value is -3.11. The van der Waals surface area contributed by atoms with Crippen LogP contribution in [-0.4, -0.2) is 29.5 Å². The molecule has 30 heavy (non-hydrogen) atoms. The number of rotatable bonds is 3. The van der Waals surface area contributed by atoms with Crippen molar-refractivity contribution in [2.45, 2.75) is 31.4 Å². The molecule has 1 amide bonds. The molecule has 1 fully saturated rings. The summed E-state index contributed by atoms with van der Waals surface area (Å²) in [6.45, 7) is 2.79.